The molecule has 2 amide bonds. The third-order valence-corrected chi connectivity index (χ3v) is 7.98. The lowest BCUT2D eigenvalue weighted by molar-refractivity contribution is 0.0799. The summed E-state index contributed by atoms with van der Waals surface area (Å²) in [5.41, 5.74) is 1.64. The van der Waals surface area contributed by atoms with Gasteiger partial charge in [-0.2, -0.15) is 0 Å². The van der Waals surface area contributed by atoms with Crippen molar-refractivity contribution in [1.29, 1.82) is 0 Å². The molecule has 3 aromatic rings. The number of benzene rings is 3. The Balaban J connectivity index is 1.72. The van der Waals surface area contributed by atoms with Crippen molar-refractivity contribution >= 4 is 33.4 Å². The second-order valence-electron chi connectivity index (χ2n) is 8.93. The standard InChI is InChI=1S/C27H29ClN2O6S/c1-18(30(27(33)34)17-25(31)21-5-4-6-22(28)16-21)15-19-7-11-23(12-8-19)37(35,36)24-13-9-20(10-14-24)26(32)29(2)3/h4-14,16,18,25,31H,15,17H2,1-3H3,(H,33,34)/t18-,25-/m1/s1. The Hall–Kier alpha value is -3.40. The van der Waals surface area contributed by atoms with Crippen LogP contribution in [-0.2, 0) is 16.3 Å². The minimum atomic E-state index is -3.80. The van der Waals surface area contributed by atoms with Crippen molar-refractivity contribution in [3.8, 4) is 0 Å². The molecule has 8 nitrogen and oxygen atoms in total. The third-order valence-electron chi connectivity index (χ3n) is 5.96. The van der Waals surface area contributed by atoms with E-state index in [1.807, 2.05) is 0 Å². The van der Waals surface area contributed by atoms with Gasteiger partial charge in [-0.05, 0) is 73.0 Å². The summed E-state index contributed by atoms with van der Waals surface area (Å²) < 4.78 is 26.1. The summed E-state index contributed by atoms with van der Waals surface area (Å²) in [5, 5.41) is 20.7. The molecule has 3 rings (SSSR count). The van der Waals surface area contributed by atoms with Crippen molar-refractivity contribution in [2.24, 2.45) is 0 Å². The lowest BCUT2D eigenvalue weighted by atomic mass is 10.0. The van der Waals surface area contributed by atoms with Crippen LogP contribution in [0.15, 0.2) is 82.6 Å². The van der Waals surface area contributed by atoms with Crippen LogP contribution in [0.4, 0.5) is 4.79 Å². The number of halogens is 1. The van der Waals surface area contributed by atoms with Crippen molar-refractivity contribution in [1.82, 2.24) is 9.80 Å². The smallest absolute Gasteiger partial charge is 0.407 e. The van der Waals surface area contributed by atoms with Crippen LogP contribution in [0.2, 0.25) is 5.02 Å². The average molecular weight is 545 g/mol. The van der Waals surface area contributed by atoms with Gasteiger partial charge in [0, 0.05) is 30.7 Å². The molecule has 0 aliphatic carbocycles. The largest absolute Gasteiger partial charge is 0.465 e. The number of rotatable bonds is 9. The zero-order chi connectivity index (χ0) is 27.3. The second kappa shape index (κ2) is 11.8. The number of aliphatic hydroxyl groups is 1. The van der Waals surface area contributed by atoms with Crippen LogP contribution in [0, 0.1) is 0 Å². The first-order chi connectivity index (χ1) is 17.4. The molecule has 0 spiro atoms. The van der Waals surface area contributed by atoms with E-state index in [1.165, 1.54) is 41.3 Å². The fourth-order valence-electron chi connectivity index (χ4n) is 3.88. The highest BCUT2D eigenvalue weighted by molar-refractivity contribution is 7.91. The molecule has 0 heterocycles. The predicted octanol–water partition coefficient (Wildman–Crippen LogP) is 4.52. The van der Waals surface area contributed by atoms with Crippen molar-refractivity contribution in [3.05, 3.63) is 94.5 Å². The molecule has 0 saturated heterocycles. The van der Waals surface area contributed by atoms with E-state index in [0.717, 1.165) is 10.5 Å². The predicted molar refractivity (Wildman–Crippen MR) is 141 cm³/mol. The first kappa shape index (κ1) is 28.2. The number of hydrogen-bond acceptors (Lipinski definition) is 5. The summed E-state index contributed by atoms with van der Waals surface area (Å²) in [5.74, 6) is -0.224. The molecule has 0 aromatic heterocycles. The van der Waals surface area contributed by atoms with E-state index in [2.05, 4.69) is 0 Å². The van der Waals surface area contributed by atoms with Crippen LogP contribution in [-0.4, -0.2) is 67.1 Å². The van der Waals surface area contributed by atoms with Gasteiger partial charge >= 0.3 is 6.09 Å². The summed E-state index contributed by atoms with van der Waals surface area (Å²) in [7, 11) is -0.565. The minimum Gasteiger partial charge on any atom is -0.465 e. The maximum absolute atomic E-state index is 13.0. The number of carboxylic acid groups (broad SMARTS) is 1. The molecule has 0 radical (unpaired) electrons. The van der Waals surface area contributed by atoms with Crippen LogP contribution >= 0.6 is 11.6 Å². The molecule has 10 heteroatoms. The first-order valence-corrected chi connectivity index (χ1v) is 13.3. The Morgan fingerprint density at radius 2 is 1.51 bits per heavy atom. The molecule has 0 bridgehead atoms. The van der Waals surface area contributed by atoms with Crippen LogP contribution < -0.4 is 0 Å². The zero-order valence-corrected chi connectivity index (χ0v) is 22.3. The first-order valence-electron chi connectivity index (χ1n) is 11.5. The molecular weight excluding hydrogens is 516 g/mol. The van der Waals surface area contributed by atoms with Gasteiger partial charge in [0.25, 0.3) is 5.91 Å². The molecule has 0 aliphatic heterocycles. The highest BCUT2D eigenvalue weighted by atomic mass is 35.5. The van der Waals surface area contributed by atoms with E-state index >= 15 is 0 Å². The Bertz CT molecular complexity index is 1360. The number of aliphatic hydroxyl groups excluding tert-OH is 1. The Morgan fingerprint density at radius 3 is 2.03 bits per heavy atom. The molecule has 2 N–H and O–H groups in total. The van der Waals surface area contributed by atoms with E-state index in [9.17, 15) is 28.2 Å². The molecule has 0 unspecified atom stereocenters. The molecule has 0 aliphatic rings. The van der Waals surface area contributed by atoms with Gasteiger partial charge in [-0.25, -0.2) is 13.2 Å². The number of hydrogen-bond donors (Lipinski definition) is 2. The maximum Gasteiger partial charge on any atom is 0.407 e. The van der Waals surface area contributed by atoms with Crippen LogP contribution in [0.3, 0.4) is 0 Å². The van der Waals surface area contributed by atoms with E-state index in [4.69, 9.17) is 11.6 Å². The quantitative estimate of drug-likeness (QED) is 0.409. The van der Waals surface area contributed by atoms with E-state index < -0.39 is 28.1 Å². The summed E-state index contributed by atoms with van der Waals surface area (Å²) in [4.78, 5) is 26.7. The van der Waals surface area contributed by atoms with E-state index in [0.29, 0.717) is 22.6 Å². The van der Waals surface area contributed by atoms with Gasteiger partial charge in [0.1, 0.15) is 0 Å². The molecular formula is C27H29ClN2O6S. The summed E-state index contributed by atoms with van der Waals surface area (Å²) in [6, 6.07) is 18.1. The fourth-order valence-corrected chi connectivity index (χ4v) is 5.34. The van der Waals surface area contributed by atoms with Gasteiger partial charge in [0.05, 0.1) is 22.4 Å². The lowest BCUT2D eigenvalue weighted by Gasteiger charge is -2.29. The number of carbonyl (C=O) groups excluding carboxylic acids is 1. The summed E-state index contributed by atoms with van der Waals surface area (Å²) in [6.45, 7) is 1.58. The maximum atomic E-state index is 13.0. The second-order valence-corrected chi connectivity index (χ2v) is 11.3. The topological polar surface area (TPSA) is 115 Å². The normalized spacial score (nSPS) is 13.0. The Labute approximate surface area is 221 Å². The summed E-state index contributed by atoms with van der Waals surface area (Å²) in [6.07, 6.45) is -1.91. The van der Waals surface area contributed by atoms with Crippen molar-refractivity contribution in [2.45, 2.75) is 35.3 Å². The monoisotopic (exact) mass is 544 g/mol. The van der Waals surface area contributed by atoms with E-state index in [-0.39, 0.29) is 22.2 Å². The number of amides is 2. The van der Waals surface area contributed by atoms with Gasteiger partial charge in [-0.1, -0.05) is 35.9 Å². The number of nitrogens with zero attached hydrogens (tertiary/aromatic N) is 2. The van der Waals surface area contributed by atoms with Gasteiger partial charge < -0.3 is 20.0 Å². The fraction of sp³-hybridized carbons (Fsp3) is 0.259. The molecule has 196 valence electrons. The van der Waals surface area contributed by atoms with Gasteiger partial charge in [0.2, 0.25) is 9.84 Å². The van der Waals surface area contributed by atoms with Crippen molar-refractivity contribution in [3.63, 3.8) is 0 Å². The Kier molecular flexibility index (Phi) is 8.96. The van der Waals surface area contributed by atoms with Gasteiger partial charge in [-0.3, -0.25) is 4.79 Å². The minimum absolute atomic E-state index is 0.0657. The summed E-state index contributed by atoms with van der Waals surface area (Å²) >= 11 is 5.97. The highest BCUT2D eigenvalue weighted by Crippen LogP contribution is 2.24. The molecule has 0 saturated carbocycles. The van der Waals surface area contributed by atoms with Crippen LogP contribution in [0.5, 0.6) is 0 Å². The molecule has 37 heavy (non-hydrogen) atoms. The molecule has 2 atom stereocenters. The lowest BCUT2D eigenvalue weighted by Crippen LogP contribution is -2.41. The zero-order valence-electron chi connectivity index (χ0n) is 20.7. The van der Waals surface area contributed by atoms with Crippen LogP contribution in [0.25, 0.3) is 0 Å². The average Bonchev–Trinajstić information content (AvgIpc) is 2.86. The van der Waals surface area contributed by atoms with Crippen LogP contribution in [0.1, 0.15) is 34.5 Å². The van der Waals surface area contributed by atoms with Gasteiger partial charge in [-0.15, -0.1) is 0 Å². The number of sulfone groups is 1. The molecule has 3 aromatic carbocycles. The number of carbonyl (C=O) groups is 2. The highest BCUT2D eigenvalue weighted by Gasteiger charge is 2.24. The molecule has 0 fully saturated rings. The SMILES string of the molecule is C[C@H](Cc1ccc(S(=O)(=O)c2ccc(C(=O)N(C)C)cc2)cc1)N(C[C@@H](O)c1cccc(Cl)c1)C(=O)O. The van der Waals surface area contributed by atoms with Crippen molar-refractivity contribution < 1.29 is 28.2 Å². The third kappa shape index (κ3) is 6.88. The van der Waals surface area contributed by atoms with E-state index in [1.54, 1.807) is 57.4 Å². The Morgan fingerprint density at radius 1 is 0.946 bits per heavy atom. The van der Waals surface area contributed by atoms with Crippen molar-refractivity contribution in [2.75, 3.05) is 20.6 Å². The van der Waals surface area contributed by atoms with Gasteiger partial charge in [0.15, 0.2) is 0 Å².